The van der Waals surface area contributed by atoms with E-state index >= 15 is 0 Å². The molecule has 0 heterocycles. The number of carbonyl (C=O) groups is 2. The zero-order valence-electron chi connectivity index (χ0n) is 12.7. The van der Waals surface area contributed by atoms with Gasteiger partial charge in [-0.1, -0.05) is 13.5 Å². The van der Waals surface area contributed by atoms with Crippen LogP contribution in [-0.4, -0.2) is 48.0 Å². The molecule has 0 rings (SSSR count). The van der Waals surface area contributed by atoms with Gasteiger partial charge in [-0.2, -0.15) is 0 Å². The summed E-state index contributed by atoms with van der Waals surface area (Å²) < 4.78 is 0.343. The van der Waals surface area contributed by atoms with Crippen molar-refractivity contribution in [1.29, 1.82) is 0 Å². The Morgan fingerprint density at radius 3 is 1.95 bits per heavy atom. The molecule has 0 saturated heterocycles. The Morgan fingerprint density at radius 2 is 1.74 bits per heavy atom. The van der Waals surface area contributed by atoms with E-state index in [1.54, 1.807) is 13.8 Å². The second kappa shape index (κ2) is 8.66. The third-order valence-corrected chi connectivity index (χ3v) is 2.84. The van der Waals surface area contributed by atoms with Gasteiger partial charge in [-0.05, 0) is 13.8 Å². The molecule has 0 spiro atoms. The van der Waals surface area contributed by atoms with E-state index in [2.05, 4.69) is 11.9 Å². The molecule has 19 heavy (non-hydrogen) atoms. The average molecular weight is 274 g/mol. The fourth-order valence-corrected chi connectivity index (χ4v) is 1.27. The first-order valence-electron chi connectivity index (χ1n) is 6.12. The number of rotatable bonds is 5. The van der Waals surface area contributed by atoms with E-state index in [-0.39, 0.29) is 12.1 Å². The first-order chi connectivity index (χ1) is 8.46. The second-order valence-electron chi connectivity index (χ2n) is 4.93. The van der Waals surface area contributed by atoms with E-state index in [0.717, 1.165) is 13.3 Å². The quantitative estimate of drug-likeness (QED) is 0.405. The lowest BCUT2D eigenvalue weighted by molar-refractivity contribution is -0.959. The van der Waals surface area contributed by atoms with Crippen molar-refractivity contribution in [2.75, 3.05) is 14.1 Å². The molecule has 0 fully saturated rings. The van der Waals surface area contributed by atoms with Crippen LogP contribution in [0, 0.1) is 0 Å². The number of carbonyl (C=O) groups excluding carboxylic acids is 2. The summed E-state index contributed by atoms with van der Waals surface area (Å²) in [6.45, 7) is 9.93. The zero-order chi connectivity index (χ0) is 15.8. The lowest BCUT2D eigenvalue weighted by Crippen LogP contribution is -2.61. The van der Waals surface area contributed by atoms with Crippen LogP contribution in [0.15, 0.2) is 12.2 Å². The molecule has 6 nitrogen and oxygen atoms in total. The number of aliphatic hydroxyl groups is 1. The smallest absolute Gasteiger partial charge is 0.250 e. The van der Waals surface area contributed by atoms with Crippen LogP contribution >= 0.6 is 0 Å². The molecule has 0 radical (unpaired) electrons. The van der Waals surface area contributed by atoms with Crippen LogP contribution in [0.3, 0.4) is 0 Å². The first-order valence-corrected chi connectivity index (χ1v) is 6.12. The monoisotopic (exact) mass is 274 g/mol. The Balaban J connectivity index is 0. The van der Waals surface area contributed by atoms with Crippen LogP contribution in [0.5, 0.6) is 0 Å². The number of nitrogens with zero attached hydrogens (tertiary/aromatic N) is 1. The minimum atomic E-state index is -1.08. The van der Waals surface area contributed by atoms with Gasteiger partial charge in [-0.3, -0.25) is 9.28 Å². The van der Waals surface area contributed by atoms with Crippen molar-refractivity contribution in [1.82, 2.24) is 5.32 Å². The molecule has 2 N–H and O–H groups in total. The lowest BCUT2D eigenvalue weighted by Gasteiger charge is -2.40. The summed E-state index contributed by atoms with van der Waals surface area (Å²) in [5.74, 6) is -1.24. The molecule has 2 atom stereocenters. The van der Waals surface area contributed by atoms with Gasteiger partial charge < -0.3 is 20.3 Å². The highest BCUT2D eigenvalue weighted by Gasteiger charge is 2.32. The van der Waals surface area contributed by atoms with Crippen LogP contribution in [0.1, 0.15) is 34.1 Å². The van der Waals surface area contributed by atoms with E-state index in [0.29, 0.717) is 10.1 Å². The average Bonchev–Trinajstić information content (AvgIpc) is 2.23. The van der Waals surface area contributed by atoms with Gasteiger partial charge in [0, 0.05) is 24.9 Å². The molecule has 0 aliphatic rings. The maximum absolute atomic E-state index is 11.5. The Kier molecular flexibility index (Phi) is 9.08. The van der Waals surface area contributed by atoms with E-state index in [1.807, 2.05) is 21.0 Å². The summed E-state index contributed by atoms with van der Waals surface area (Å²) in [7, 11) is 3.77. The van der Waals surface area contributed by atoms with Gasteiger partial charge in [0.05, 0.1) is 14.1 Å². The third-order valence-electron chi connectivity index (χ3n) is 2.84. The van der Waals surface area contributed by atoms with Crippen LogP contribution in [0.4, 0.5) is 0 Å². The summed E-state index contributed by atoms with van der Waals surface area (Å²) >= 11 is 0. The topological polar surface area (TPSA) is 89.5 Å². The van der Waals surface area contributed by atoms with E-state index in [4.69, 9.17) is 9.90 Å². The minimum absolute atomic E-state index is 0.103. The number of amides is 1. The van der Waals surface area contributed by atoms with Gasteiger partial charge in [-0.15, -0.1) is 0 Å². The van der Waals surface area contributed by atoms with Crippen LogP contribution in [-0.2, 0) is 9.59 Å². The molecule has 0 aliphatic heterocycles. The summed E-state index contributed by atoms with van der Waals surface area (Å²) in [6, 6.07) is 0. The summed E-state index contributed by atoms with van der Waals surface area (Å²) in [5.41, 5.74) is 0.485. The fraction of sp³-hybridized carbons (Fsp3) is 0.692. The lowest BCUT2D eigenvalue weighted by atomic mass is 10.2. The molecule has 112 valence electrons. The SMILES string of the molecule is C=C(C)C(=O)NC(CC)[N+](C)(C)C(C)O.CC(=O)[O-]. The van der Waals surface area contributed by atoms with Gasteiger partial charge in [0.2, 0.25) is 0 Å². The highest BCUT2D eigenvalue weighted by atomic mass is 16.4. The first kappa shape index (κ1) is 19.9. The minimum Gasteiger partial charge on any atom is -0.550 e. The van der Waals surface area contributed by atoms with Crippen molar-refractivity contribution in [2.45, 2.75) is 46.5 Å². The highest BCUT2D eigenvalue weighted by molar-refractivity contribution is 5.92. The van der Waals surface area contributed by atoms with Crippen LogP contribution in [0.2, 0.25) is 0 Å². The maximum Gasteiger partial charge on any atom is 0.250 e. The van der Waals surface area contributed by atoms with E-state index in [1.165, 1.54) is 0 Å². The molecular formula is C13H26N2O4. The highest BCUT2D eigenvalue weighted by Crippen LogP contribution is 2.12. The number of quaternary nitrogens is 1. The van der Waals surface area contributed by atoms with Gasteiger partial charge in [0.25, 0.3) is 5.91 Å². The normalized spacial score (nSPS) is 13.6. The van der Waals surface area contributed by atoms with Gasteiger partial charge in [-0.25, -0.2) is 0 Å². The van der Waals surface area contributed by atoms with Crippen molar-refractivity contribution >= 4 is 11.9 Å². The Morgan fingerprint density at radius 1 is 1.37 bits per heavy atom. The summed E-state index contributed by atoms with van der Waals surface area (Å²) in [5, 5.41) is 21.4. The van der Waals surface area contributed by atoms with Crippen molar-refractivity contribution in [3.63, 3.8) is 0 Å². The number of aliphatic carboxylic acids is 1. The molecule has 2 unspecified atom stereocenters. The van der Waals surface area contributed by atoms with Crippen molar-refractivity contribution in [3.8, 4) is 0 Å². The summed E-state index contributed by atoms with van der Waals surface area (Å²) in [4.78, 5) is 20.4. The Bertz CT molecular complexity index is 321. The van der Waals surface area contributed by atoms with Crippen molar-refractivity contribution in [3.05, 3.63) is 12.2 Å². The Hall–Kier alpha value is -1.40. The molecule has 0 aromatic heterocycles. The number of hydrogen-bond donors (Lipinski definition) is 2. The van der Waals surface area contributed by atoms with Gasteiger partial charge in [0.1, 0.15) is 0 Å². The predicted octanol–water partition coefficient (Wildman–Crippen LogP) is -0.414. The molecule has 0 saturated carbocycles. The van der Waals surface area contributed by atoms with Crippen LogP contribution in [0.25, 0.3) is 0 Å². The van der Waals surface area contributed by atoms with Gasteiger partial charge >= 0.3 is 0 Å². The molecule has 0 aromatic carbocycles. The molecule has 1 amide bonds. The van der Waals surface area contributed by atoms with Crippen molar-refractivity contribution in [2.24, 2.45) is 0 Å². The number of carboxylic acids is 1. The maximum atomic E-state index is 11.5. The van der Waals surface area contributed by atoms with Crippen molar-refractivity contribution < 1.29 is 24.3 Å². The molecule has 0 aliphatic carbocycles. The van der Waals surface area contributed by atoms with Crippen LogP contribution < -0.4 is 10.4 Å². The predicted molar refractivity (Wildman–Crippen MR) is 71.5 cm³/mol. The standard InChI is InChI=1S/C11H22N2O2.C2H4O2/c1-7-10(12-11(15)8(2)3)13(5,6)9(4)14;1-2(3)4/h9-10,14H,2,7H2,1,3-6H3;1H3,(H,3,4). The number of hydrogen-bond acceptors (Lipinski definition) is 4. The molecule has 6 heteroatoms. The Labute approximate surface area is 115 Å². The number of carboxylic acid groups (broad SMARTS) is 1. The molecule has 0 aromatic rings. The molecular weight excluding hydrogens is 248 g/mol. The zero-order valence-corrected chi connectivity index (χ0v) is 12.7. The van der Waals surface area contributed by atoms with E-state index < -0.39 is 12.2 Å². The second-order valence-corrected chi connectivity index (χ2v) is 4.93. The fourth-order valence-electron chi connectivity index (χ4n) is 1.27. The number of aliphatic hydroxyl groups excluding tert-OH is 1. The third kappa shape index (κ3) is 8.34. The van der Waals surface area contributed by atoms with Gasteiger partial charge in [0.15, 0.2) is 12.4 Å². The largest absolute Gasteiger partial charge is 0.550 e. The van der Waals surface area contributed by atoms with E-state index in [9.17, 15) is 9.90 Å². The summed E-state index contributed by atoms with van der Waals surface area (Å²) in [6.07, 6.45) is 0.131. The molecule has 0 bridgehead atoms. The number of nitrogens with one attached hydrogen (secondary N) is 1.